The molecule has 1 fully saturated rings. The summed E-state index contributed by atoms with van der Waals surface area (Å²) in [5.41, 5.74) is -0.297. The zero-order valence-corrected chi connectivity index (χ0v) is 16.4. The first-order valence-electron chi connectivity index (χ1n) is 9.00. The molecule has 152 valence electrons. The van der Waals surface area contributed by atoms with Gasteiger partial charge < -0.3 is 9.80 Å². The Morgan fingerprint density at radius 2 is 1.79 bits per heavy atom. The van der Waals surface area contributed by atoms with Gasteiger partial charge in [0.15, 0.2) is 10.8 Å². The van der Waals surface area contributed by atoms with Gasteiger partial charge in [-0.25, -0.2) is 9.67 Å². The van der Waals surface area contributed by atoms with Crippen LogP contribution in [-0.2, 0) is 6.18 Å². The lowest BCUT2D eigenvalue weighted by Crippen LogP contribution is -2.49. The zero-order chi connectivity index (χ0) is 20.6. The molecule has 0 spiro atoms. The van der Waals surface area contributed by atoms with Crippen LogP contribution in [0, 0.1) is 6.92 Å². The molecule has 1 saturated heterocycles. The molecule has 1 aliphatic rings. The predicted molar refractivity (Wildman–Crippen MR) is 104 cm³/mol. The number of carbonyl (C=O) groups excluding carboxylic acids is 1. The highest BCUT2D eigenvalue weighted by Gasteiger charge is 2.41. The number of rotatable bonds is 3. The number of carbonyl (C=O) groups is 1. The summed E-state index contributed by atoms with van der Waals surface area (Å²) < 4.78 is 42.3. The van der Waals surface area contributed by atoms with Crippen molar-refractivity contribution in [2.45, 2.75) is 13.1 Å². The molecule has 0 bridgehead atoms. The minimum Gasteiger partial charge on any atom is -0.345 e. The summed E-state index contributed by atoms with van der Waals surface area (Å²) in [6.07, 6.45) is -2.00. The normalized spacial score (nSPS) is 15.0. The largest absolute Gasteiger partial charge is 0.434 e. The van der Waals surface area contributed by atoms with Crippen LogP contribution in [0.1, 0.15) is 21.6 Å². The Kier molecular flexibility index (Phi) is 5.03. The van der Waals surface area contributed by atoms with E-state index in [0.717, 1.165) is 21.6 Å². The van der Waals surface area contributed by atoms with Gasteiger partial charge in [-0.1, -0.05) is 17.7 Å². The molecule has 4 rings (SSSR count). The van der Waals surface area contributed by atoms with E-state index in [1.54, 1.807) is 30.5 Å². The molecule has 0 atom stereocenters. The van der Waals surface area contributed by atoms with Crippen LogP contribution in [0.2, 0.25) is 0 Å². The molecule has 0 radical (unpaired) electrons. The van der Waals surface area contributed by atoms with Crippen molar-refractivity contribution in [1.29, 1.82) is 0 Å². The number of aromatic nitrogens is 3. The predicted octanol–water partition coefficient (Wildman–Crippen LogP) is 3.62. The summed E-state index contributed by atoms with van der Waals surface area (Å²) >= 11 is 1.49. The first-order valence-corrected chi connectivity index (χ1v) is 9.88. The quantitative estimate of drug-likeness (QED) is 0.648. The van der Waals surface area contributed by atoms with Gasteiger partial charge in [0.25, 0.3) is 5.91 Å². The van der Waals surface area contributed by atoms with E-state index in [1.165, 1.54) is 16.2 Å². The van der Waals surface area contributed by atoms with Crippen molar-refractivity contribution in [3.8, 4) is 5.69 Å². The van der Waals surface area contributed by atoms with Crippen LogP contribution < -0.4 is 4.90 Å². The molecule has 29 heavy (non-hydrogen) atoms. The summed E-state index contributed by atoms with van der Waals surface area (Å²) in [4.78, 5) is 20.6. The van der Waals surface area contributed by atoms with Gasteiger partial charge in [0.1, 0.15) is 0 Å². The van der Waals surface area contributed by atoms with Crippen molar-refractivity contribution in [2.24, 2.45) is 0 Å². The smallest absolute Gasteiger partial charge is 0.345 e. The Hall–Kier alpha value is -2.88. The number of hydrogen-bond acceptors (Lipinski definition) is 5. The van der Waals surface area contributed by atoms with Crippen LogP contribution in [0.25, 0.3) is 5.69 Å². The van der Waals surface area contributed by atoms with Crippen LogP contribution in [0.4, 0.5) is 18.3 Å². The first kappa shape index (κ1) is 19.4. The van der Waals surface area contributed by atoms with E-state index in [4.69, 9.17) is 0 Å². The van der Waals surface area contributed by atoms with E-state index < -0.39 is 23.3 Å². The number of anilines is 1. The van der Waals surface area contributed by atoms with Gasteiger partial charge in [0.05, 0.1) is 17.4 Å². The number of alkyl halides is 3. The first-order chi connectivity index (χ1) is 13.8. The van der Waals surface area contributed by atoms with Gasteiger partial charge >= 0.3 is 6.18 Å². The van der Waals surface area contributed by atoms with E-state index in [-0.39, 0.29) is 5.69 Å². The van der Waals surface area contributed by atoms with Crippen molar-refractivity contribution >= 4 is 22.4 Å². The number of halogens is 3. The number of benzene rings is 1. The van der Waals surface area contributed by atoms with E-state index >= 15 is 0 Å². The number of piperazine rings is 1. The second-order valence-corrected chi connectivity index (χ2v) is 7.62. The van der Waals surface area contributed by atoms with Crippen molar-refractivity contribution < 1.29 is 18.0 Å². The minimum atomic E-state index is -4.71. The third kappa shape index (κ3) is 3.84. The van der Waals surface area contributed by atoms with Gasteiger partial charge in [-0.3, -0.25) is 4.79 Å². The van der Waals surface area contributed by atoms with E-state index in [0.29, 0.717) is 26.2 Å². The number of thiazole rings is 1. The topological polar surface area (TPSA) is 54.3 Å². The van der Waals surface area contributed by atoms with Crippen molar-refractivity contribution in [1.82, 2.24) is 19.7 Å². The number of hydrogen-bond donors (Lipinski definition) is 0. The third-order valence-electron chi connectivity index (χ3n) is 4.80. The number of amides is 1. The second kappa shape index (κ2) is 7.51. The van der Waals surface area contributed by atoms with E-state index in [1.807, 2.05) is 17.2 Å². The van der Waals surface area contributed by atoms with Crippen LogP contribution in [-0.4, -0.2) is 51.8 Å². The highest BCUT2D eigenvalue weighted by molar-refractivity contribution is 7.13. The third-order valence-corrected chi connectivity index (χ3v) is 5.64. The zero-order valence-electron chi connectivity index (χ0n) is 15.6. The molecule has 3 aromatic rings. The minimum absolute atomic E-state index is 0.260. The summed E-state index contributed by atoms with van der Waals surface area (Å²) in [5, 5.41) is 6.59. The van der Waals surface area contributed by atoms with Gasteiger partial charge in [-0.15, -0.1) is 11.3 Å². The summed E-state index contributed by atoms with van der Waals surface area (Å²) in [6, 6.07) is 6.52. The molecule has 3 heterocycles. The van der Waals surface area contributed by atoms with Gasteiger partial charge in [-0.05, 0) is 19.1 Å². The summed E-state index contributed by atoms with van der Waals surface area (Å²) in [7, 11) is 0. The average molecular weight is 421 g/mol. The number of aryl methyl sites for hydroxylation is 1. The Bertz CT molecular complexity index is 990. The Morgan fingerprint density at radius 1 is 1.10 bits per heavy atom. The molecule has 6 nitrogen and oxygen atoms in total. The SMILES string of the molecule is Cc1ccc(-n2ncc(C(=O)N3CCN(c4nccs4)CC3)c2C(F)(F)F)cc1. The standard InChI is InChI=1S/C19H18F3N5OS/c1-13-2-4-14(5-3-13)27-16(19(20,21)22)15(12-24-27)17(28)25-7-9-26(10-8-25)18-23-6-11-29-18/h2-6,11-12H,7-10H2,1H3. The molecule has 1 amide bonds. The van der Waals surface area contributed by atoms with Gasteiger partial charge in [-0.2, -0.15) is 18.3 Å². The van der Waals surface area contributed by atoms with Crippen molar-refractivity contribution in [2.75, 3.05) is 31.1 Å². The summed E-state index contributed by atoms with van der Waals surface area (Å²) in [5.74, 6) is -0.658. The molecule has 0 aliphatic carbocycles. The molecule has 1 aromatic carbocycles. The summed E-state index contributed by atoms with van der Waals surface area (Å²) in [6.45, 7) is 3.54. The highest BCUT2D eigenvalue weighted by Crippen LogP contribution is 2.34. The Balaban J connectivity index is 1.60. The fraction of sp³-hybridized carbons (Fsp3) is 0.316. The van der Waals surface area contributed by atoms with E-state index in [2.05, 4.69) is 10.1 Å². The molecule has 10 heteroatoms. The Labute approximate surface area is 169 Å². The molecular formula is C19H18F3N5OS. The maximum absolute atomic E-state index is 13.8. The second-order valence-electron chi connectivity index (χ2n) is 6.75. The Morgan fingerprint density at radius 3 is 2.38 bits per heavy atom. The lowest BCUT2D eigenvalue weighted by Gasteiger charge is -2.34. The molecule has 0 N–H and O–H groups in total. The maximum atomic E-state index is 13.8. The molecule has 0 saturated carbocycles. The lowest BCUT2D eigenvalue weighted by molar-refractivity contribution is -0.143. The monoisotopic (exact) mass is 421 g/mol. The molecular weight excluding hydrogens is 403 g/mol. The van der Waals surface area contributed by atoms with Gasteiger partial charge in [0, 0.05) is 37.8 Å². The van der Waals surface area contributed by atoms with Crippen LogP contribution in [0.15, 0.2) is 42.0 Å². The molecule has 2 aromatic heterocycles. The molecule has 1 aliphatic heterocycles. The highest BCUT2D eigenvalue weighted by atomic mass is 32.1. The van der Waals surface area contributed by atoms with E-state index in [9.17, 15) is 18.0 Å². The van der Waals surface area contributed by atoms with Crippen molar-refractivity contribution in [3.63, 3.8) is 0 Å². The fourth-order valence-corrected chi connectivity index (χ4v) is 4.00. The lowest BCUT2D eigenvalue weighted by atomic mass is 10.1. The number of nitrogens with zero attached hydrogens (tertiary/aromatic N) is 5. The maximum Gasteiger partial charge on any atom is 0.434 e. The van der Waals surface area contributed by atoms with Crippen LogP contribution in [0.5, 0.6) is 0 Å². The van der Waals surface area contributed by atoms with Crippen LogP contribution in [0.3, 0.4) is 0 Å². The molecule has 0 unspecified atom stereocenters. The van der Waals surface area contributed by atoms with Crippen LogP contribution >= 0.6 is 11.3 Å². The van der Waals surface area contributed by atoms with Gasteiger partial charge in [0.2, 0.25) is 0 Å². The van der Waals surface area contributed by atoms with Crippen molar-refractivity contribution in [3.05, 3.63) is 58.9 Å². The fourth-order valence-electron chi connectivity index (χ4n) is 3.30. The average Bonchev–Trinajstić information content (AvgIpc) is 3.38.